The van der Waals surface area contributed by atoms with Crippen molar-refractivity contribution in [3.63, 3.8) is 0 Å². The Kier molecular flexibility index (Phi) is 4.11. The van der Waals surface area contributed by atoms with Crippen LogP contribution < -0.4 is 5.46 Å². The molecule has 4 heteroatoms. The van der Waals surface area contributed by atoms with Gasteiger partial charge < -0.3 is 13.7 Å². The highest BCUT2D eigenvalue weighted by molar-refractivity contribution is 6.65. The van der Waals surface area contributed by atoms with Gasteiger partial charge in [0.05, 0.1) is 11.2 Å². The van der Waals surface area contributed by atoms with Gasteiger partial charge in [-0.25, -0.2) is 0 Å². The molecule has 158 valence electrons. The average Bonchev–Trinajstić information content (AvgIpc) is 3.28. The molecule has 1 aliphatic heterocycles. The number of hydrogen-bond acceptors (Lipinski definition) is 3. The lowest BCUT2D eigenvalue weighted by molar-refractivity contribution is 0.00578. The van der Waals surface area contributed by atoms with Gasteiger partial charge in [-0.3, -0.25) is 0 Å². The minimum atomic E-state index is -0.476. The molecule has 1 aliphatic rings. The van der Waals surface area contributed by atoms with E-state index < -0.39 is 18.3 Å². The molecule has 32 heavy (non-hydrogen) atoms. The maximum Gasteiger partial charge on any atom is 0.498 e. The van der Waals surface area contributed by atoms with Gasteiger partial charge in [0.2, 0.25) is 0 Å². The van der Waals surface area contributed by atoms with Gasteiger partial charge in [0.1, 0.15) is 11.2 Å². The summed E-state index contributed by atoms with van der Waals surface area (Å²) in [5.74, 6) is 0. The molecule has 3 nitrogen and oxygen atoms in total. The molecule has 2 heterocycles. The fourth-order valence-corrected chi connectivity index (χ4v) is 4.66. The topological polar surface area (TPSA) is 31.6 Å². The Morgan fingerprint density at radius 3 is 2.06 bits per heavy atom. The standard InChI is InChI=1S/C28H25BO3/c1-27(2)28(3,4)32-29(31-27)23-16-10-15-21-24-20-14-9-8-13-19(20)17-22(26(24)30-25(21)23)18-11-6-5-7-12-18/h5-17H,1-4H3. The minimum Gasteiger partial charge on any atom is -0.456 e. The van der Waals surface area contributed by atoms with E-state index in [1.165, 1.54) is 10.8 Å². The molecule has 5 aromatic rings. The first-order valence-electron chi connectivity index (χ1n) is 11.1. The molecular formula is C28H25BO3. The maximum absolute atomic E-state index is 6.67. The van der Waals surface area contributed by atoms with E-state index in [9.17, 15) is 0 Å². The van der Waals surface area contributed by atoms with Gasteiger partial charge in [-0.05, 0) is 50.1 Å². The van der Waals surface area contributed by atoms with E-state index in [-0.39, 0.29) is 0 Å². The van der Waals surface area contributed by atoms with Gasteiger partial charge in [0.15, 0.2) is 0 Å². The first-order valence-corrected chi connectivity index (χ1v) is 11.1. The van der Waals surface area contributed by atoms with Gasteiger partial charge in [-0.15, -0.1) is 0 Å². The zero-order valence-corrected chi connectivity index (χ0v) is 18.8. The zero-order chi connectivity index (χ0) is 22.1. The van der Waals surface area contributed by atoms with Gasteiger partial charge in [0.25, 0.3) is 0 Å². The van der Waals surface area contributed by atoms with E-state index in [1.54, 1.807) is 0 Å². The third-order valence-corrected chi connectivity index (χ3v) is 7.11. The van der Waals surface area contributed by atoms with Crippen LogP contribution in [0.5, 0.6) is 0 Å². The quantitative estimate of drug-likeness (QED) is 0.298. The summed E-state index contributed by atoms with van der Waals surface area (Å²) >= 11 is 0. The lowest BCUT2D eigenvalue weighted by Crippen LogP contribution is -2.41. The van der Waals surface area contributed by atoms with Crippen LogP contribution in [0.4, 0.5) is 0 Å². The fourth-order valence-electron chi connectivity index (χ4n) is 4.66. The molecule has 0 amide bonds. The van der Waals surface area contributed by atoms with Crippen molar-refractivity contribution < 1.29 is 13.7 Å². The summed E-state index contributed by atoms with van der Waals surface area (Å²) < 4.78 is 19.4. The lowest BCUT2D eigenvalue weighted by atomic mass is 9.78. The van der Waals surface area contributed by atoms with Crippen LogP contribution in [0.1, 0.15) is 27.7 Å². The molecule has 0 radical (unpaired) electrons. The summed E-state index contributed by atoms with van der Waals surface area (Å²) in [5, 5.41) is 4.60. The molecular weight excluding hydrogens is 395 g/mol. The van der Waals surface area contributed by atoms with Crippen LogP contribution in [0.2, 0.25) is 0 Å². The van der Waals surface area contributed by atoms with Gasteiger partial charge in [0, 0.05) is 21.8 Å². The second-order valence-corrected chi connectivity index (χ2v) is 9.63. The summed E-state index contributed by atoms with van der Waals surface area (Å²) in [6, 6.07) is 27.4. The van der Waals surface area contributed by atoms with Gasteiger partial charge >= 0.3 is 7.12 Å². The van der Waals surface area contributed by atoms with Crippen molar-refractivity contribution in [1.29, 1.82) is 0 Å². The van der Waals surface area contributed by atoms with Crippen LogP contribution in [0, 0.1) is 0 Å². The molecule has 0 unspecified atom stereocenters. The molecule has 0 bridgehead atoms. The zero-order valence-electron chi connectivity index (χ0n) is 18.8. The second kappa shape index (κ2) is 6.71. The molecule has 6 rings (SSSR count). The Bertz CT molecular complexity index is 1460. The highest BCUT2D eigenvalue weighted by Gasteiger charge is 2.52. The number of rotatable bonds is 2. The van der Waals surface area contributed by atoms with Crippen LogP contribution in [-0.2, 0) is 9.31 Å². The Morgan fingerprint density at radius 1 is 0.656 bits per heavy atom. The molecule has 0 aliphatic carbocycles. The van der Waals surface area contributed by atoms with Crippen LogP contribution in [0.25, 0.3) is 43.8 Å². The highest BCUT2D eigenvalue weighted by atomic mass is 16.7. The van der Waals surface area contributed by atoms with Crippen molar-refractivity contribution in [2.75, 3.05) is 0 Å². The summed E-state index contributed by atoms with van der Waals surface area (Å²) in [6.45, 7) is 8.30. The van der Waals surface area contributed by atoms with Crippen LogP contribution in [0.3, 0.4) is 0 Å². The van der Waals surface area contributed by atoms with Gasteiger partial charge in [-0.2, -0.15) is 0 Å². The largest absolute Gasteiger partial charge is 0.498 e. The molecule has 1 fully saturated rings. The number of fused-ring (bicyclic) bond motifs is 5. The molecule has 1 aromatic heterocycles. The predicted molar refractivity (Wildman–Crippen MR) is 132 cm³/mol. The fraction of sp³-hybridized carbons (Fsp3) is 0.214. The number of hydrogen-bond donors (Lipinski definition) is 0. The average molecular weight is 420 g/mol. The smallest absolute Gasteiger partial charge is 0.456 e. The van der Waals surface area contributed by atoms with E-state index in [2.05, 4.69) is 100 Å². The Morgan fingerprint density at radius 2 is 1.31 bits per heavy atom. The van der Waals surface area contributed by atoms with Crippen LogP contribution in [0.15, 0.2) is 83.3 Å². The Hall–Kier alpha value is -3.08. The summed E-state index contributed by atoms with van der Waals surface area (Å²) in [5.41, 5.74) is 4.07. The maximum atomic E-state index is 6.67. The van der Waals surface area contributed by atoms with E-state index in [0.29, 0.717) is 0 Å². The molecule has 0 spiro atoms. The number of furan rings is 1. The lowest BCUT2D eigenvalue weighted by Gasteiger charge is -2.32. The van der Waals surface area contributed by atoms with Crippen LogP contribution >= 0.6 is 0 Å². The summed E-state index contributed by atoms with van der Waals surface area (Å²) in [4.78, 5) is 0. The predicted octanol–water partition coefficient (Wildman–Crippen LogP) is 6.71. The molecule has 0 saturated carbocycles. The third kappa shape index (κ3) is 2.76. The number of para-hydroxylation sites is 1. The normalized spacial score (nSPS) is 17.6. The first-order chi connectivity index (χ1) is 15.4. The molecule has 1 saturated heterocycles. The van der Waals surface area contributed by atoms with E-state index >= 15 is 0 Å². The van der Waals surface area contributed by atoms with Crippen molar-refractivity contribution in [2.45, 2.75) is 38.9 Å². The van der Waals surface area contributed by atoms with Gasteiger partial charge in [-0.1, -0.05) is 72.8 Å². The first kappa shape index (κ1) is 19.6. The SMILES string of the molecule is CC1(C)OB(c2cccc3c2oc2c(-c4ccccc4)cc4ccccc4c23)OC1(C)C. The molecule has 0 N–H and O–H groups in total. The van der Waals surface area contributed by atoms with E-state index in [4.69, 9.17) is 13.7 Å². The summed E-state index contributed by atoms with van der Waals surface area (Å²) in [7, 11) is -0.476. The number of benzene rings is 4. The van der Waals surface area contributed by atoms with Crippen molar-refractivity contribution in [3.05, 3.63) is 78.9 Å². The molecule has 4 aromatic carbocycles. The van der Waals surface area contributed by atoms with Crippen molar-refractivity contribution in [2.24, 2.45) is 0 Å². The van der Waals surface area contributed by atoms with Crippen molar-refractivity contribution >= 4 is 45.3 Å². The Labute approximate surface area is 188 Å². The Balaban J connectivity index is 1.68. The molecule has 0 atom stereocenters. The van der Waals surface area contributed by atoms with Crippen LogP contribution in [-0.4, -0.2) is 18.3 Å². The van der Waals surface area contributed by atoms with E-state index in [1.807, 2.05) is 6.07 Å². The van der Waals surface area contributed by atoms with Crippen molar-refractivity contribution in [1.82, 2.24) is 0 Å². The van der Waals surface area contributed by atoms with E-state index in [0.717, 1.165) is 38.5 Å². The summed E-state index contributed by atoms with van der Waals surface area (Å²) in [6.07, 6.45) is 0. The highest BCUT2D eigenvalue weighted by Crippen LogP contribution is 2.42. The second-order valence-electron chi connectivity index (χ2n) is 9.63. The van der Waals surface area contributed by atoms with Crippen molar-refractivity contribution in [3.8, 4) is 11.1 Å². The third-order valence-electron chi connectivity index (χ3n) is 7.11. The minimum absolute atomic E-state index is 0.409. The monoisotopic (exact) mass is 420 g/mol.